The lowest BCUT2D eigenvalue weighted by atomic mass is 10.0. The fourth-order valence-corrected chi connectivity index (χ4v) is 3.61. The van der Waals surface area contributed by atoms with E-state index in [9.17, 15) is 23.1 Å². The van der Waals surface area contributed by atoms with Crippen LogP contribution in [0.1, 0.15) is 30.6 Å². The van der Waals surface area contributed by atoms with Crippen LogP contribution >= 0.6 is 0 Å². The Hall–Kier alpha value is -2.58. The summed E-state index contributed by atoms with van der Waals surface area (Å²) < 4.78 is 40.1. The van der Waals surface area contributed by atoms with E-state index < -0.39 is 29.6 Å². The minimum Gasteiger partial charge on any atom is -0.389 e. The maximum atomic E-state index is 13.8. The van der Waals surface area contributed by atoms with Crippen molar-refractivity contribution in [3.05, 3.63) is 65.0 Å². The fraction of sp³-hybridized carbons (Fsp3) is 0.409. The van der Waals surface area contributed by atoms with Crippen LogP contribution in [0.5, 0.6) is 0 Å². The minimum absolute atomic E-state index is 0.00151. The van der Waals surface area contributed by atoms with E-state index in [2.05, 4.69) is 4.90 Å². The Balaban J connectivity index is 1.51. The maximum absolute atomic E-state index is 13.8. The molecular formula is C22H26F3N3O2. The number of halogens is 3. The molecule has 1 aliphatic heterocycles. The van der Waals surface area contributed by atoms with Crippen molar-refractivity contribution in [1.29, 1.82) is 0 Å². The molecule has 30 heavy (non-hydrogen) atoms. The number of benzene rings is 2. The van der Waals surface area contributed by atoms with Gasteiger partial charge < -0.3 is 20.6 Å². The van der Waals surface area contributed by atoms with Crippen molar-refractivity contribution < 1.29 is 23.1 Å². The first-order valence-electron chi connectivity index (χ1n) is 9.94. The normalized spacial score (nSPS) is 16.5. The van der Waals surface area contributed by atoms with Gasteiger partial charge in [0.2, 0.25) is 5.91 Å². The average molecular weight is 421 g/mol. The molecule has 1 heterocycles. The molecule has 1 saturated heterocycles. The molecule has 1 fully saturated rings. The van der Waals surface area contributed by atoms with Crippen molar-refractivity contribution in [3.8, 4) is 0 Å². The lowest BCUT2D eigenvalue weighted by Gasteiger charge is -2.36. The molecule has 2 aromatic rings. The summed E-state index contributed by atoms with van der Waals surface area (Å²) in [6, 6.07) is 8.25. The number of aliphatic hydroxyl groups excluding tert-OH is 1. The molecule has 0 radical (unpaired) electrons. The Labute approximate surface area is 173 Å². The maximum Gasteiger partial charge on any atom is 0.224 e. The van der Waals surface area contributed by atoms with Crippen LogP contribution < -0.4 is 10.6 Å². The zero-order chi connectivity index (χ0) is 21.8. The minimum atomic E-state index is -1.25. The SMILES string of the molecule is CC(O)c1ccc(N2CCN(C(=O)C[C@H](N)Cc3cc(F)c(F)cc3F)CC2)cc1. The summed E-state index contributed by atoms with van der Waals surface area (Å²) in [6.45, 7) is 4.09. The molecule has 1 unspecified atom stereocenters. The van der Waals surface area contributed by atoms with Crippen LogP contribution in [0, 0.1) is 17.5 Å². The molecule has 0 spiro atoms. The van der Waals surface area contributed by atoms with Crippen LogP contribution in [0.3, 0.4) is 0 Å². The van der Waals surface area contributed by atoms with Gasteiger partial charge in [0.25, 0.3) is 0 Å². The number of carbonyl (C=O) groups is 1. The number of piperazine rings is 1. The van der Waals surface area contributed by atoms with Gasteiger partial charge in [0.1, 0.15) is 5.82 Å². The first-order valence-corrected chi connectivity index (χ1v) is 9.94. The van der Waals surface area contributed by atoms with E-state index in [4.69, 9.17) is 5.73 Å². The third kappa shape index (κ3) is 5.31. The summed E-state index contributed by atoms with van der Waals surface area (Å²) in [6.07, 6.45) is -0.566. The van der Waals surface area contributed by atoms with Crippen molar-refractivity contribution in [1.82, 2.24) is 4.90 Å². The van der Waals surface area contributed by atoms with E-state index in [0.29, 0.717) is 32.2 Å². The van der Waals surface area contributed by atoms with Crippen LogP contribution in [0.4, 0.5) is 18.9 Å². The molecule has 8 heteroatoms. The number of rotatable bonds is 6. The molecule has 2 aromatic carbocycles. The number of amides is 1. The van der Waals surface area contributed by atoms with Crippen LogP contribution in [-0.2, 0) is 11.2 Å². The highest BCUT2D eigenvalue weighted by molar-refractivity contribution is 5.77. The Morgan fingerprint density at radius 2 is 1.63 bits per heavy atom. The van der Waals surface area contributed by atoms with Gasteiger partial charge in [-0.05, 0) is 42.7 Å². The van der Waals surface area contributed by atoms with Gasteiger partial charge in [0.05, 0.1) is 6.10 Å². The average Bonchev–Trinajstić information content (AvgIpc) is 2.72. The van der Waals surface area contributed by atoms with Crippen molar-refractivity contribution in [2.24, 2.45) is 5.73 Å². The summed E-state index contributed by atoms with van der Waals surface area (Å²) in [5, 5.41) is 9.60. The van der Waals surface area contributed by atoms with Gasteiger partial charge in [0, 0.05) is 50.4 Å². The van der Waals surface area contributed by atoms with Crippen molar-refractivity contribution in [2.45, 2.75) is 31.9 Å². The molecular weight excluding hydrogens is 395 g/mol. The lowest BCUT2D eigenvalue weighted by Crippen LogP contribution is -2.49. The van der Waals surface area contributed by atoms with E-state index in [1.807, 2.05) is 24.3 Å². The second-order valence-corrected chi connectivity index (χ2v) is 7.66. The van der Waals surface area contributed by atoms with Crippen molar-refractivity contribution in [2.75, 3.05) is 31.1 Å². The fourth-order valence-electron chi connectivity index (χ4n) is 3.61. The number of nitrogens with two attached hydrogens (primary N) is 1. The number of hydrogen-bond acceptors (Lipinski definition) is 4. The first kappa shape index (κ1) is 22.1. The number of nitrogens with zero attached hydrogens (tertiary/aromatic N) is 2. The molecule has 0 bridgehead atoms. The van der Waals surface area contributed by atoms with Gasteiger partial charge in [-0.25, -0.2) is 13.2 Å². The molecule has 2 atom stereocenters. The Morgan fingerprint density at radius 1 is 1.03 bits per heavy atom. The number of hydrogen-bond donors (Lipinski definition) is 2. The molecule has 1 amide bonds. The smallest absolute Gasteiger partial charge is 0.224 e. The van der Waals surface area contributed by atoms with Gasteiger partial charge in [-0.15, -0.1) is 0 Å². The highest BCUT2D eigenvalue weighted by Crippen LogP contribution is 2.21. The van der Waals surface area contributed by atoms with Gasteiger partial charge in [-0.1, -0.05) is 12.1 Å². The van der Waals surface area contributed by atoms with Crippen LogP contribution in [0.25, 0.3) is 0 Å². The predicted octanol–water partition coefficient (Wildman–Crippen LogP) is 2.77. The summed E-state index contributed by atoms with van der Waals surface area (Å²) >= 11 is 0. The molecule has 0 saturated carbocycles. The van der Waals surface area contributed by atoms with Gasteiger partial charge in [-0.2, -0.15) is 0 Å². The molecule has 1 aliphatic rings. The number of anilines is 1. The van der Waals surface area contributed by atoms with Crippen molar-refractivity contribution >= 4 is 11.6 Å². The Kier molecular flexibility index (Phi) is 6.99. The monoisotopic (exact) mass is 421 g/mol. The van der Waals surface area contributed by atoms with Crippen LogP contribution in [-0.4, -0.2) is 48.1 Å². The summed E-state index contributed by atoms with van der Waals surface area (Å²) in [4.78, 5) is 16.4. The Morgan fingerprint density at radius 3 is 2.23 bits per heavy atom. The second kappa shape index (κ2) is 9.49. The lowest BCUT2D eigenvalue weighted by molar-refractivity contribution is -0.131. The van der Waals surface area contributed by atoms with Crippen LogP contribution in [0.2, 0.25) is 0 Å². The zero-order valence-corrected chi connectivity index (χ0v) is 16.8. The molecule has 0 aliphatic carbocycles. The predicted molar refractivity (Wildman–Crippen MR) is 108 cm³/mol. The van der Waals surface area contributed by atoms with Crippen LogP contribution in [0.15, 0.2) is 36.4 Å². The van der Waals surface area contributed by atoms with Gasteiger partial charge in [0.15, 0.2) is 11.6 Å². The molecule has 162 valence electrons. The van der Waals surface area contributed by atoms with Gasteiger partial charge in [-0.3, -0.25) is 4.79 Å². The van der Waals surface area contributed by atoms with E-state index in [0.717, 1.165) is 17.3 Å². The molecule has 0 aromatic heterocycles. The highest BCUT2D eigenvalue weighted by Gasteiger charge is 2.23. The van der Waals surface area contributed by atoms with Gasteiger partial charge >= 0.3 is 0 Å². The van der Waals surface area contributed by atoms with E-state index in [-0.39, 0.29) is 24.3 Å². The summed E-state index contributed by atoms with van der Waals surface area (Å²) in [5.74, 6) is -3.40. The third-order valence-corrected chi connectivity index (χ3v) is 5.38. The Bertz CT molecular complexity index is 882. The first-order chi connectivity index (χ1) is 14.2. The molecule has 3 N–H and O–H groups in total. The summed E-state index contributed by atoms with van der Waals surface area (Å²) in [7, 11) is 0. The quantitative estimate of drug-likeness (QED) is 0.704. The van der Waals surface area contributed by atoms with E-state index >= 15 is 0 Å². The largest absolute Gasteiger partial charge is 0.389 e. The number of carbonyl (C=O) groups excluding carboxylic acids is 1. The van der Waals surface area contributed by atoms with Crippen molar-refractivity contribution in [3.63, 3.8) is 0 Å². The molecule has 5 nitrogen and oxygen atoms in total. The zero-order valence-electron chi connectivity index (χ0n) is 16.8. The standard InChI is InChI=1S/C22H26F3N3O2/c1-14(29)15-2-4-18(5-3-15)27-6-8-28(9-7-27)22(30)12-17(26)10-16-11-20(24)21(25)13-19(16)23/h2-5,11,13-14,17,29H,6-10,12,26H2,1H3/t14?,17-/m1/s1. The van der Waals surface area contributed by atoms with E-state index in [1.165, 1.54) is 0 Å². The second-order valence-electron chi connectivity index (χ2n) is 7.66. The molecule has 3 rings (SSSR count). The third-order valence-electron chi connectivity index (χ3n) is 5.38. The highest BCUT2D eigenvalue weighted by atomic mass is 19.2. The topological polar surface area (TPSA) is 69.8 Å². The van der Waals surface area contributed by atoms with E-state index in [1.54, 1.807) is 11.8 Å². The number of aliphatic hydroxyl groups is 1. The summed E-state index contributed by atoms with van der Waals surface area (Å²) in [5.41, 5.74) is 7.80.